The number of hydrogen-bond donors (Lipinski definition) is 2. The Labute approximate surface area is 194 Å². The molecule has 1 aromatic carbocycles. The summed E-state index contributed by atoms with van der Waals surface area (Å²) in [5.74, 6) is -3.41. The van der Waals surface area contributed by atoms with Crippen molar-refractivity contribution in [3.63, 3.8) is 0 Å². The molecule has 33 heavy (non-hydrogen) atoms. The number of halogens is 3. The van der Waals surface area contributed by atoms with E-state index in [1.54, 1.807) is 12.3 Å². The smallest absolute Gasteiger partial charge is 0.247 e. The van der Waals surface area contributed by atoms with Gasteiger partial charge in [-0.2, -0.15) is 0 Å². The van der Waals surface area contributed by atoms with E-state index >= 15 is 4.39 Å². The van der Waals surface area contributed by atoms with Crippen molar-refractivity contribution in [2.24, 2.45) is 17.8 Å². The quantitative estimate of drug-likeness (QED) is 0.388. The molecule has 2 aromatic heterocycles. The van der Waals surface area contributed by atoms with E-state index in [1.807, 2.05) is 6.26 Å². The molecule has 5 aliphatic rings. The fourth-order valence-electron chi connectivity index (χ4n) is 6.77. The lowest BCUT2D eigenvalue weighted by Gasteiger charge is -2.37. The molecule has 170 valence electrons. The summed E-state index contributed by atoms with van der Waals surface area (Å²) in [5, 5.41) is 0.808. The lowest BCUT2D eigenvalue weighted by molar-refractivity contribution is 0.0871. The second kappa shape index (κ2) is 5.70. The molecule has 8 rings (SSSR count). The van der Waals surface area contributed by atoms with Gasteiger partial charge in [-0.3, -0.25) is 0 Å². The largest absolute Gasteiger partial charge is 0.375 e. The molecule has 5 aliphatic carbocycles. The van der Waals surface area contributed by atoms with Gasteiger partial charge in [-0.05, 0) is 30.4 Å². The topological polar surface area (TPSA) is 111 Å². The third kappa shape index (κ3) is 1.91. The Morgan fingerprint density at radius 2 is 1.91 bits per heavy atom. The highest BCUT2D eigenvalue weighted by Gasteiger charge is 3.24. The van der Waals surface area contributed by atoms with Crippen LogP contribution in [0, 0.1) is 29.4 Å². The maximum atomic E-state index is 16.2. The van der Waals surface area contributed by atoms with Crippen molar-refractivity contribution in [1.29, 1.82) is 0 Å². The number of thiazole rings is 1. The lowest BCUT2D eigenvalue weighted by atomic mass is 9.74. The number of hydrogen-bond acceptors (Lipinski definition) is 8. The van der Waals surface area contributed by atoms with Gasteiger partial charge in [0.2, 0.25) is 10.0 Å². The summed E-state index contributed by atoms with van der Waals surface area (Å²) < 4.78 is 72.4. The van der Waals surface area contributed by atoms with Gasteiger partial charge < -0.3 is 5.73 Å². The minimum atomic E-state index is -4.61. The highest BCUT2D eigenvalue weighted by Crippen LogP contribution is 3.11. The molecular formula is C20H14F3N5O2S3. The van der Waals surface area contributed by atoms with Crippen LogP contribution in [0.15, 0.2) is 40.5 Å². The first kappa shape index (κ1) is 20.2. The third-order valence-corrected chi connectivity index (χ3v) is 10.7. The molecule has 6 atom stereocenters. The van der Waals surface area contributed by atoms with Gasteiger partial charge in [0.15, 0.2) is 15.2 Å². The van der Waals surface area contributed by atoms with Crippen molar-refractivity contribution in [2.75, 3.05) is 12.0 Å². The Morgan fingerprint density at radius 3 is 2.58 bits per heavy atom. The van der Waals surface area contributed by atoms with Crippen molar-refractivity contribution >= 4 is 38.3 Å². The summed E-state index contributed by atoms with van der Waals surface area (Å²) in [6.45, 7) is 0. The zero-order chi connectivity index (χ0) is 23.1. The van der Waals surface area contributed by atoms with Gasteiger partial charge in [0.1, 0.15) is 17.3 Å². The summed E-state index contributed by atoms with van der Waals surface area (Å²) >= 11 is 2.56. The van der Waals surface area contributed by atoms with E-state index in [-0.39, 0.29) is 17.0 Å². The number of rotatable bonds is 6. The zero-order valence-corrected chi connectivity index (χ0v) is 19.2. The van der Waals surface area contributed by atoms with Gasteiger partial charge in [0.05, 0.1) is 27.2 Å². The summed E-state index contributed by atoms with van der Waals surface area (Å²) in [5.41, 5.74) is 2.87. The van der Waals surface area contributed by atoms with Crippen molar-refractivity contribution in [1.82, 2.24) is 19.7 Å². The molecule has 13 heteroatoms. The molecule has 0 saturated heterocycles. The van der Waals surface area contributed by atoms with E-state index in [0.717, 1.165) is 18.2 Å². The van der Waals surface area contributed by atoms with Crippen LogP contribution in [-0.2, 0) is 15.4 Å². The van der Waals surface area contributed by atoms with Gasteiger partial charge in [-0.25, -0.2) is 41.3 Å². The second-order valence-corrected chi connectivity index (χ2v) is 12.2. The standard InChI is InChI=1S/C20H14F3N5O2S3/c1-31-17-25-6-5-9(26-17)11-15(27-16(24)32-11)18-10-13(18)19(14(10)20(18,19)23)28-33(29,30)12-7(21)3-2-4-8(12)22/h2-6,10,13-14,28H,1H3,(H2,24,27). The highest BCUT2D eigenvalue weighted by molar-refractivity contribution is 7.98. The Morgan fingerprint density at radius 1 is 1.18 bits per heavy atom. The minimum absolute atomic E-state index is 0.0854. The fraction of sp³-hybridized carbons (Fsp3) is 0.350. The Hall–Kier alpha value is -2.22. The number of thioether (sulfide) groups is 1. The number of anilines is 1. The number of benzene rings is 1. The van der Waals surface area contributed by atoms with E-state index < -0.39 is 49.1 Å². The first-order chi connectivity index (χ1) is 15.7. The van der Waals surface area contributed by atoms with Crippen LogP contribution in [0.5, 0.6) is 0 Å². The number of sulfonamides is 1. The van der Waals surface area contributed by atoms with Crippen LogP contribution >= 0.6 is 23.1 Å². The molecule has 5 fully saturated rings. The molecule has 6 unspecified atom stereocenters. The van der Waals surface area contributed by atoms with E-state index in [2.05, 4.69) is 19.7 Å². The van der Waals surface area contributed by atoms with Gasteiger partial charge in [-0.15, -0.1) is 0 Å². The van der Waals surface area contributed by atoms with Crippen LogP contribution < -0.4 is 10.5 Å². The van der Waals surface area contributed by atoms with E-state index in [4.69, 9.17) is 5.73 Å². The molecule has 5 saturated carbocycles. The van der Waals surface area contributed by atoms with Gasteiger partial charge in [0.25, 0.3) is 0 Å². The van der Waals surface area contributed by atoms with E-state index in [1.165, 1.54) is 23.1 Å². The Kier molecular flexibility index (Phi) is 3.49. The normalized spacial score (nSPS) is 36.5. The van der Waals surface area contributed by atoms with Crippen molar-refractivity contribution in [3.05, 3.63) is 47.8 Å². The maximum Gasteiger partial charge on any atom is 0.247 e. The monoisotopic (exact) mass is 509 g/mol. The van der Waals surface area contributed by atoms with Crippen LogP contribution in [-0.4, -0.2) is 40.8 Å². The molecule has 3 aromatic rings. The average molecular weight is 510 g/mol. The number of nitrogens with one attached hydrogen (secondary N) is 1. The SMILES string of the molecule is CSc1nccc(-c2sc(N)nc2C23C4C2C2(NS(=O)(=O)c5c(F)cccc5F)C4C23F)n1. The number of nitrogens with two attached hydrogens (primary N) is 1. The van der Waals surface area contributed by atoms with Crippen LogP contribution in [0.3, 0.4) is 0 Å². The molecule has 0 radical (unpaired) electrons. The first-order valence-corrected chi connectivity index (χ1v) is 13.5. The van der Waals surface area contributed by atoms with E-state index in [9.17, 15) is 17.2 Å². The van der Waals surface area contributed by atoms with Gasteiger partial charge in [0, 0.05) is 18.0 Å². The zero-order valence-electron chi connectivity index (χ0n) is 16.7. The molecule has 0 aliphatic heterocycles. The van der Waals surface area contributed by atoms with Crippen LogP contribution in [0.25, 0.3) is 10.6 Å². The Bertz CT molecular complexity index is 1500. The number of alkyl halides is 1. The predicted octanol–water partition coefficient (Wildman–Crippen LogP) is 2.75. The molecule has 0 amide bonds. The fourth-order valence-corrected chi connectivity index (χ4v) is 9.61. The van der Waals surface area contributed by atoms with Crippen molar-refractivity contribution in [3.8, 4) is 10.6 Å². The van der Waals surface area contributed by atoms with E-state index in [0.29, 0.717) is 21.4 Å². The summed E-state index contributed by atoms with van der Waals surface area (Å²) in [6.07, 6.45) is 3.44. The number of nitrogens with zero attached hydrogens (tertiary/aromatic N) is 3. The molecule has 3 N–H and O–H groups in total. The van der Waals surface area contributed by atoms with Crippen LogP contribution in [0.4, 0.5) is 18.3 Å². The highest BCUT2D eigenvalue weighted by atomic mass is 32.2. The molecular weight excluding hydrogens is 495 g/mol. The summed E-state index contributed by atoms with van der Waals surface area (Å²) in [7, 11) is -4.61. The predicted molar refractivity (Wildman–Crippen MR) is 115 cm³/mol. The summed E-state index contributed by atoms with van der Waals surface area (Å²) in [6, 6.07) is 4.48. The maximum absolute atomic E-state index is 16.2. The first-order valence-electron chi connectivity index (χ1n) is 9.97. The van der Waals surface area contributed by atoms with Gasteiger partial charge in [-0.1, -0.05) is 29.2 Å². The Balaban J connectivity index is 1.26. The molecule has 7 nitrogen and oxygen atoms in total. The molecule has 0 bridgehead atoms. The molecule has 2 heterocycles. The number of nitrogen functional groups attached to an aromatic ring is 1. The molecule has 0 spiro atoms. The third-order valence-electron chi connectivity index (χ3n) is 7.73. The average Bonchev–Trinajstić information content (AvgIpc) is 3.14. The van der Waals surface area contributed by atoms with Crippen LogP contribution in [0.2, 0.25) is 0 Å². The van der Waals surface area contributed by atoms with Crippen LogP contribution in [0.1, 0.15) is 5.69 Å². The van der Waals surface area contributed by atoms with Gasteiger partial charge >= 0.3 is 0 Å². The van der Waals surface area contributed by atoms with Crippen molar-refractivity contribution in [2.45, 2.75) is 26.7 Å². The second-order valence-electron chi connectivity index (χ2n) is 8.75. The minimum Gasteiger partial charge on any atom is -0.375 e. The lowest BCUT2D eigenvalue weighted by Crippen LogP contribution is -2.57. The number of aromatic nitrogens is 3. The van der Waals surface area contributed by atoms with Crippen molar-refractivity contribution < 1.29 is 21.6 Å². The summed E-state index contributed by atoms with van der Waals surface area (Å²) in [4.78, 5) is 12.6.